The zero-order valence-corrected chi connectivity index (χ0v) is 10.5. The van der Waals surface area contributed by atoms with E-state index >= 15 is 0 Å². The topological polar surface area (TPSA) is 66.8 Å². The molecule has 1 fully saturated rings. The van der Waals surface area contributed by atoms with Gasteiger partial charge in [-0.1, -0.05) is 0 Å². The summed E-state index contributed by atoms with van der Waals surface area (Å²) in [5.74, 6) is -7.57. The van der Waals surface area contributed by atoms with E-state index in [4.69, 9.17) is 9.84 Å². The van der Waals surface area contributed by atoms with Gasteiger partial charge in [0, 0.05) is 13.1 Å². The zero-order valence-electron chi connectivity index (χ0n) is 10.5. The second kappa shape index (κ2) is 6.87. The van der Waals surface area contributed by atoms with Crippen LogP contribution in [0.25, 0.3) is 0 Å². The van der Waals surface area contributed by atoms with Crippen molar-refractivity contribution in [1.82, 2.24) is 4.90 Å². The van der Waals surface area contributed by atoms with Crippen LogP contribution in [-0.2, 0) is 14.3 Å². The summed E-state index contributed by atoms with van der Waals surface area (Å²) in [4.78, 5) is 22.2. The number of piperidine rings is 1. The minimum absolute atomic E-state index is 0.0128. The number of ether oxygens (including phenoxy) is 1. The molecule has 1 amide bonds. The number of carboxylic acids is 1. The quantitative estimate of drug-likeness (QED) is 0.752. The van der Waals surface area contributed by atoms with Crippen molar-refractivity contribution in [3.05, 3.63) is 0 Å². The number of aliphatic carboxylic acids is 1. The molecule has 0 atom stereocenters. The molecule has 1 saturated heterocycles. The Kier molecular flexibility index (Phi) is 5.73. The Morgan fingerprint density at radius 3 is 2.30 bits per heavy atom. The van der Waals surface area contributed by atoms with Crippen LogP contribution in [0.15, 0.2) is 0 Å². The van der Waals surface area contributed by atoms with Gasteiger partial charge in [0.25, 0.3) is 5.91 Å². The first-order valence-electron chi connectivity index (χ1n) is 6.04. The summed E-state index contributed by atoms with van der Waals surface area (Å²) in [6, 6.07) is 0. The molecule has 0 aliphatic carbocycles. The van der Waals surface area contributed by atoms with E-state index in [1.165, 1.54) is 0 Å². The molecule has 0 saturated carbocycles. The van der Waals surface area contributed by atoms with Gasteiger partial charge in [0.05, 0.1) is 19.1 Å². The van der Waals surface area contributed by atoms with Gasteiger partial charge in [-0.05, 0) is 12.8 Å². The molecule has 0 spiro atoms. The molecular weight excluding hydrogens is 286 g/mol. The Hall–Kier alpha value is -1.38. The molecule has 0 radical (unpaired) electrons. The van der Waals surface area contributed by atoms with Gasteiger partial charge < -0.3 is 14.7 Å². The first-order chi connectivity index (χ1) is 9.25. The van der Waals surface area contributed by atoms with Crippen molar-refractivity contribution in [1.29, 1.82) is 0 Å². The predicted octanol–water partition coefficient (Wildman–Crippen LogP) is 1.37. The van der Waals surface area contributed by atoms with Gasteiger partial charge in [0.1, 0.15) is 0 Å². The first kappa shape index (κ1) is 16.7. The average molecular weight is 301 g/mol. The van der Waals surface area contributed by atoms with Gasteiger partial charge in [0.2, 0.25) is 0 Å². The van der Waals surface area contributed by atoms with Gasteiger partial charge in [-0.15, -0.1) is 0 Å². The van der Waals surface area contributed by atoms with Crippen LogP contribution in [0.3, 0.4) is 0 Å². The predicted molar refractivity (Wildman–Crippen MR) is 58.8 cm³/mol. The van der Waals surface area contributed by atoms with Crippen LogP contribution in [-0.4, -0.2) is 60.0 Å². The van der Waals surface area contributed by atoms with E-state index in [2.05, 4.69) is 0 Å². The number of amides is 1. The van der Waals surface area contributed by atoms with Crippen molar-refractivity contribution >= 4 is 11.9 Å². The lowest BCUT2D eigenvalue weighted by Gasteiger charge is -2.33. The monoisotopic (exact) mass is 301 g/mol. The molecule has 0 aromatic rings. The number of carbonyl (C=O) groups is 2. The van der Waals surface area contributed by atoms with E-state index in [1.54, 1.807) is 0 Å². The molecule has 116 valence electrons. The van der Waals surface area contributed by atoms with Crippen LogP contribution in [0, 0.1) is 0 Å². The van der Waals surface area contributed by atoms with Gasteiger partial charge in [0.15, 0.2) is 0 Å². The van der Waals surface area contributed by atoms with Crippen LogP contribution < -0.4 is 0 Å². The number of likely N-dealkylation sites (tertiary alicyclic amines) is 1. The number of rotatable bonds is 6. The highest BCUT2D eigenvalue weighted by molar-refractivity contribution is 5.84. The lowest BCUT2D eigenvalue weighted by atomic mass is 10.1. The fraction of sp³-hybridized carbons (Fsp3) is 0.818. The molecule has 0 aromatic carbocycles. The maximum absolute atomic E-state index is 12.9. The van der Waals surface area contributed by atoms with Crippen LogP contribution in [0.1, 0.15) is 19.3 Å². The molecule has 1 aliphatic rings. The third-order valence-corrected chi connectivity index (χ3v) is 2.96. The van der Waals surface area contributed by atoms with Crippen LogP contribution in [0.2, 0.25) is 0 Å². The maximum Gasteiger partial charge on any atom is 0.383 e. The molecular formula is C11H15F4NO4. The van der Waals surface area contributed by atoms with Crippen molar-refractivity contribution < 1.29 is 37.0 Å². The van der Waals surface area contributed by atoms with E-state index in [1.807, 2.05) is 0 Å². The molecule has 1 heterocycles. The molecule has 20 heavy (non-hydrogen) atoms. The summed E-state index contributed by atoms with van der Waals surface area (Å²) in [5.41, 5.74) is 0. The lowest BCUT2D eigenvalue weighted by molar-refractivity contribution is -0.182. The summed E-state index contributed by atoms with van der Waals surface area (Å²) in [6.07, 6.45) is -4.13. The SMILES string of the molecule is O=C(O)CCOC1CCN(C(=O)C(F)(F)C(F)F)CC1. The summed E-state index contributed by atoms with van der Waals surface area (Å²) >= 11 is 0. The Morgan fingerprint density at radius 1 is 1.30 bits per heavy atom. The zero-order chi connectivity index (χ0) is 15.3. The van der Waals surface area contributed by atoms with E-state index in [0.29, 0.717) is 4.90 Å². The van der Waals surface area contributed by atoms with E-state index < -0.39 is 24.2 Å². The molecule has 1 N–H and O–H groups in total. The van der Waals surface area contributed by atoms with Crippen LogP contribution in [0.4, 0.5) is 17.6 Å². The number of carboxylic acid groups (broad SMARTS) is 1. The van der Waals surface area contributed by atoms with Crippen molar-refractivity contribution in [3.8, 4) is 0 Å². The maximum atomic E-state index is 12.9. The smallest absolute Gasteiger partial charge is 0.383 e. The van der Waals surface area contributed by atoms with Gasteiger partial charge in [-0.2, -0.15) is 8.78 Å². The summed E-state index contributed by atoms with van der Waals surface area (Å²) < 4.78 is 55.1. The first-order valence-corrected chi connectivity index (χ1v) is 6.04. The highest BCUT2D eigenvalue weighted by Crippen LogP contribution is 2.27. The molecule has 0 aromatic heterocycles. The highest BCUT2D eigenvalue weighted by Gasteiger charge is 2.51. The minimum Gasteiger partial charge on any atom is -0.481 e. The van der Waals surface area contributed by atoms with E-state index in [-0.39, 0.29) is 45.1 Å². The Morgan fingerprint density at radius 2 is 1.85 bits per heavy atom. The molecule has 1 rings (SSSR count). The standard InChI is InChI=1S/C11H15F4NO4/c12-9(13)11(14,15)10(19)16-4-1-7(2-5-16)20-6-3-8(17)18/h7,9H,1-6H2,(H,17,18). The summed E-state index contributed by atoms with van der Waals surface area (Å²) in [7, 11) is 0. The van der Waals surface area contributed by atoms with Crippen molar-refractivity contribution in [2.24, 2.45) is 0 Å². The number of hydrogen-bond donors (Lipinski definition) is 1. The van der Waals surface area contributed by atoms with Crippen molar-refractivity contribution in [3.63, 3.8) is 0 Å². The summed E-state index contributed by atoms with van der Waals surface area (Å²) in [6.45, 7) is -0.237. The average Bonchev–Trinajstić information content (AvgIpc) is 2.38. The van der Waals surface area contributed by atoms with E-state index in [9.17, 15) is 27.2 Å². The largest absolute Gasteiger partial charge is 0.481 e. The van der Waals surface area contributed by atoms with Crippen molar-refractivity contribution in [2.45, 2.75) is 37.7 Å². The molecule has 0 bridgehead atoms. The number of nitrogens with zero attached hydrogens (tertiary/aromatic N) is 1. The number of carbonyl (C=O) groups excluding carboxylic acids is 1. The highest BCUT2D eigenvalue weighted by atomic mass is 19.3. The Labute approximate surface area is 112 Å². The minimum atomic E-state index is -4.67. The van der Waals surface area contributed by atoms with Gasteiger partial charge in [-0.3, -0.25) is 9.59 Å². The molecule has 5 nitrogen and oxygen atoms in total. The Balaban J connectivity index is 2.38. The van der Waals surface area contributed by atoms with Crippen LogP contribution >= 0.6 is 0 Å². The van der Waals surface area contributed by atoms with E-state index in [0.717, 1.165) is 0 Å². The lowest BCUT2D eigenvalue weighted by Crippen LogP contribution is -2.51. The normalized spacial score (nSPS) is 17.6. The fourth-order valence-electron chi connectivity index (χ4n) is 1.84. The molecule has 0 unspecified atom stereocenters. The molecule has 1 aliphatic heterocycles. The van der Waals surface area contributed by atoms with Crippen LogP contribution in [0.5, 0.6) is 0 Å². The number of alkyl halides is 4. The fourth-order valence-corrected chi connectivity index (χ4v) is 1.84. The Bertz CT molecular complexity index is 356. The third kappa shape index (κ3) is 4.32. The second-order valence-electron chi connectivity index (χ2n) is 4.43. The van der Waals surface area contributed by atoms with Gasteiger partial charge in [-0.25, -0.2) is 8.78 Å². The van der Waals surface area contributed by atoms with Crippen molar-refractivity contribution in [2.75, 3.05) is 19.7 Å². The summed E-state index contributed by atoms with van der Waals surface area (Å²) in [5, 5.41) is 8.41. The number of hydrogen-bond acceptors (Lipinski definition) is 3. The number of halogens is 4. The third-order valence-electron chi connectivity index (χ3n) is 2.96. The molecule has 9 heteroatoms. The van der Waals surface area contributed by atoms with Gasteiger partial charge >= 0.3 is 18.3 Å². The second-order valence-corrected chi connectivity index (χ2v) is 4.43.